The first-order valence-electron chi connectivity index (χ1n) is 7.01. The van der Waals surface area contributed by atoms with Gasteiger partial charge in [0.15, 0.2) is 5.78 Å². The van der Waals surface area contributed by atoms with Crippen molar-refractivity contribution in [3.05, 3.63) is 24.0 Å². The van der Waals surface area contributed by atoms with E-state index in [2.05, 4.69) is 4.72 Å². The molecule has 0 saturated heterocycles. The molecule has 1 aromatic rings. The first-order valence-corrected chi connectivity index (χ1v) is 8.23. The van der Waals surface area contributed by atoms with Gasteiger partial charge in [0.25, 0.3) is 0 Å². The van der Waals surface area contributed by atoms with Crippen molar-refractivity contribution < 1.29 is 18.7 Å². The van der Waals surface area contributed by atoms with Gasteiger partial charge in [0.05, 0.1) is 0 Å². The molecule has 4 nitrogen and oxygen atoms in total. The average molecular weight is 313 g/mol. The van der Waals surface area contributed by atoms with Crippen molar-refractivity contribution in [1.29, 1.82) is 0 Å². The zero-order valence-electron chi connectivity index (χ0n) is 12.2. The third kappa shape index (κ3) is 4.89. The summed E-state index contributed by atoms with van der Waals surface area (Å²) in [7, 11) is 0. The molecule has 1 fully saturated rings. The van der Waals surface area contributed by atoms with Gasteiger partial charge in [-0.25, -0.2) is 4.39 Å². The van der Waals surface area contributed by atoms with Crippen LogP contribution in [-0.4, -0.2) is 30.8 Å². The van der Waals surface area contributed by atoms with E-state index in [0.29, 0.717) is 24.0 Å². The number of rotatable bonds is 8. The minimum Gasteiger partial charge on any atom is -0.490 e. The Kier molecular flexibility index (Phi) is 5.87. The van der Waals surface area contributed by atoms with Crippen LogP contribution in [0.4, 0.5) is 4.39 Å². The van der Waals surface area contributed by atoms with Crippen LogP contribution >= 0.6 is 11.9 Å². The maximum absolute atomic E-state index is 13.5. The van der Waals surface area contributed by atoms with Crippen LogP contribution in [-0.2, 0) is 4.79 Å². The first kappa shape index (κ1) is 16.1. The monoisotopic (exact) mass is 313 g/mol. The summed E-state index contributed by atoms with van der Waals surface area (Å²) in [5.41, 5.74) is 0. The molecule has 0 spiro atoms. The lowest BCUT2D eigenvalue weighted by Gasteiger charge is -2.35. The zero-order valence-corrected chi connectivity index (χ0v) is 13.0. The number of ether oxygens (including phenoxy) is 2. The van der Waals surface area contributed by atoms with Gasteiger partial charge in [-0.15, -0.1) is 0 Å². The van der Waals surface area contributed by atoms with Crippen LogP contribution in [0.5, 0.6) is 11.5 Å². The van der Waals surface area contributed by atoms with E-state index in [-0.39, 0.29) is 18.5 Å². The lowest BCUT2D eigenvalue weighted by molar-refractivity contribution is -0.120. The van der Waals surface area contributed by atoms with Crippen LogP contribution in [0.3, 0.4) is 0 Å². The third-order valence-corrected chi connectivity index (χ3v) is 3.89. The molecule has 0 atom stereocenters. The number of carbonyl (C=O) groups excluding carboxylic acids is 1. The Morgan fingerprint density at radius 3 is 2.76 bits per heavy atom. The molecule has 1 aliphatic rings. The Labute approximate surface area is 128 Å². The topological polar surface area (TPSA) is 47.6 Å². The highest BCUT2D eigenvalue weighted by Gasteiger charge is 2.30. The number of nitrogens with one attached hydrogen (secondary N) is 1. The molecule has 1 saturated carbocycles. The molecule has 21 heavy (non-hydrogen) atoms. The number of ketones is 1. The van der Waals surface area contributed by atoms with Crippen molar-refractivity contribution in [3.63, 3.8) is 0 Å². The Morgan fingerprint density at radius 1 is 1.38 bits per heavy atom. The molecule has 0 radical (unpaired) electrons. The smallest absolute Gasteiger partial charge is 0.169 e. The van der Waals surface area contributed by atoms with Gasteiger partial charge in [0, 0.05) is 43.5 Å². The Balaban J connectivity index is 1.88. The standard InChI is InChI=1S/C15H20FNO3S/c1-3-12(18)9-19-13-4-10(16)5-14(8-13)20-15-6-11(7-15)17-21-2/h4-5,8,11,15,17H,3,6-7,9H2,1-2H3. The largest absolute Gasteiger partial charge is 0.490 e. The van der Waals surface area contributed by atoms with Crippen LogP contribution < -0.4 is 14.2 Å². The first-order chi connectivity index (χ1) is 10.1. The second-order valence-corrected chi connectivity index (χ2v) is 5.68. The summed E-state index contributed by atoms with van der Waals surface area (Å²) in [6, 6.07) is 4.68. The molecule has 0 unspecified atom stereocenters. The second-order valence-electron chi connectivity index (χ2n) is 5.03. The maximum Gasteiger partial charge on any atom is 0.169 e. The van der Waals surface area contributed by atoms with Crippen LogP contribution in [0.1, 0.15) is 26.2 Å². The molecule has 0 heterocycles. The van der Waals surface area contributed by atoms with Crippen molar-refractivity contribution in [2.75, 3.05) is 12.9 Å². The Morgan fingerprint density at radius 2 is 2.10 bits per heavy atom. The highest BCUT2D eigenvalue weighted by atomic mass is 32.2. The van der Waals surface area contributed by atoms with Crippen LogP contribution in [0.15, 0.2) is 18.2 Å². The number of Topliss-reactive ketones (excluding diaryl/α,β-unsaturated/α-hetero) is 1. The third-order valence-electron chi connectivity index (χ3n) is 3.32. The van der Waals surface area contributed by atoms with E-state index in [0.717, 1.165) is 12.8 Å². The van der Waals surface area contributed by atoms with Gasteiger partial charge in [0.2, 0.25) is 0 Å². The Hall–Kier alpha value is -1.27. The van der Waals surface area contributed by atoms with Crippen LogP contribution in [0.25, 0.3) is 0 Å². The van der Waals surface area contributed by atoms with E-state index >= 15 is 0 Å². The van der Waals surface area contributed by atoms with Gasteiger partial charge in [-0.3, -0.25) is 9.52 Å². The molecular formula is C15H20FNO3S. The molecule has 1 aromatic carbocycles. The minimum atomic E-state index is -0.426. The summed E-state index contributed by atoms with van der Waals surface area (Å²) in [4.78, 5) is 11.2. The fourth-order valence-electron chi connectivity index (χ4n) is 2.07. The molecule has 0 aliphatic heterocycles. The number of benzene rings is 1. The van der Waals surface area contributed by atoms with Crippen molar-refractivity contribution in [2.45, 2.75) is 38.3 Å². The molecule has 0 amide bonds. The van der Waals surface area contributed by atoms with Gasteiger partial charge < -0.3 is 9.47 Å². The molecule has 6 heteroatoms. The molecular weight excluding hydrogens is 293 g/mol. The van der Waals surface area contributed by atoms with Crippen molar-refractivity contribution in [3.8, 4) is 11.5 Å². The summed E-state index contributed by atoms with van der Waals surface area (Å²) < 4.78 is 27.8. The second kappa shape index (κ2) is 7.66. The predicted molar refractivity (Wildman–Crippen MR) is 81.3 cm³/mol. The van der Waals surface area contributed by atoms with E-state index in [1.165, 1.54) is 12.1 Å². The van der Waals surface area contributed by atoms with E-state index in [1.54, 1.807) is 24.9 Å². The van der Waals surface area contributed by atoms with Crippen molar-refractivity contribution >= 4 is 17.7 Å². The summed E-state index contributed by atoms with van der Waals surface area (Å²) in [5, 5.41) is 0. The molecule has 1 aliphatic carbocycles. The van der Waals surface area contributed by atoms with Gasteiger partial charge >= 0.3 is 0 Å². The van der Waals surface area contributed by atoms with Gasteiger partial charge in [-0.05, 0) is 6.26 Å². The SMILES string of the molecule is CCC(=O)COc1cc(F)cc(OC2CC(NSC)C2)c1. The quantitative estimate of drug-likeness (QED) is 0.748. The highest BCUT2D eigenvalue weighted by molar-refractivity contribution is 7.96. The summed E-state index contributed by atoms with van der Waals surface area (Å²) in [5.74, 6) is 0.322. The normalized spacial score (nSPS) is 20.7. The minimum absolute atomic E-state index is 0.0216. The lowest BCUT2D eigenvalue weighted by Crippen LogP contribution is -2.44. The van der Waals surface area contributed by atoms with Crippen molar-refractivity contribution in [2.24, 2.45) is 0 Å². The number of hydrogen-bond acceptors (Lipinski definition) is 5. The fourth-order valence-corrected chi connectivity index (χ4v) is 2.60. The summed E-state index contributed by atoms with van der Waals surface area (Å²) >= 11 is 1.59. The number of halogens is 1. The predicted octanol–water partition coefficient (Wildman–Crippen LogP) is 2.96. The molecule has 2 rings (SSSR count). The summed E-state index contributed by atoms with van der Waals surface area (Å²) in [6.07, 6.45) is 4.30. The number of hydrogen-bond donors (Lipinski definition) is 1. The van der Waals surface area contributed by atoms with E-state index in [1.807, 2.05) is 6.26 Å². The fraction of sp³-hybridized carbons (Fsp3) is 0.533. The Bertz CT molecular complexity index is 492. The van der Waals surface area contributed by atoms with E-state index in [9.17, 15) is 9.18 Å². The zero-order chi connectivity index (χ0) is 15.2. The van der Waals surface area contributed by atoms with E-state index in [4.69, 9.17) is 9.47 Å². The van der Waals surface area contributed by atoms with Gasteiger partial charge in [0.1, 0.15) is 30.0 Å². The van der Waals surface area contributed by atoms with Crippen LogP contribution in [0.2, 0.25) is 0 Å². The van der Waals surface area contributed by atoms with E-state index < -0.39 is 5.82 Å². The molecule has 116 valence electrons. The van der Waals surface area contributed by atoms with Crippen LogP contribution in [0, 0.1) is 5.82 Å². The average Bonchev–Trinajstić information content (AvgIpc) is 2.42. The molecule has 0 aromatic heterocycles. The summed E-state index contributed by atoms with van der Waals surface area (Å²) in [6.45, 7) is 1.73. The molecule has 1 N–H and O–H groups in total. The van der Waals surface area contributed by atoms with Gasteiger partial charge in [-0.1, -0.05) is 18.9 Å². The maximum atomic E-state index is 13.5. The molecule has 0 bridgehead atoms. The van der Waals surface area contributed by atoms with Gasteiger partial charge in [-0.2, -0.15) is 0 Å². The highest BCUT2D eigenvalue weighted by Crippen LogP contribution is 2.29. The lowest BCUT2D eigenvalue weighted by atomic mass is 9.90. The number of carbonyl (C=O) groups is 1. The van der Waals surface area contributed by atoms with Crippen molar-refractivity contribution in [1.82, 2.24) is 4.72 Å².